The van der Waals surface area contributed by atoms with Crippen LogP contribution < -0.4 is 0 Å². The molecule has 0 aliphatic heterocycles. The van der Waals surface area contributed by atoms with E-state index in [4.69, 9.17) is 8.22 Å². The average Bonchev–Trinajstić information content (AvgIpc) is 3.03. The molecule has 0 aromatic heterocycles. The van der Waals surface area contributed by atoms with E-state index in [0.29, 0.717) is 17.8 Å². The number of fused-ring (bicyclic) bond motifs is 5. The molecule has 0 saturated heterocycles. The molecule has 7 atom stereocenters. The van der Waals surface area contributed by atoms with Crippen LogP contribution in [0.4, 0.5) is 0 Å². The first-order valence-corrected chi connectivity index (χ1v) is 11.7. The molecule has 4 aliphatic rings. The average molecular weight is 391 g/mol. The summed E-state index contributed by atoms with van der Waals surface area (Å²) in [6, 6.07) is 0.0533. The number of hydrogen-bond donors (Lipinski definition) is 1. The van der Waals surface area contributed by atoms with Gasteiger partial charge in [-0.3, -0.25) is 0 Å². The molecule has 0 amide bonds. The number of allylic oxidation sites excluding steroid dienone is 3. The van der Waals surface area contributed by atoms with Crippen LogP contribution in [-0.2, 0) is 0 Å². The second kappa shape index (κ2) is 7.60. The van der Waals surface area contributed by atoms with E-state index in [1.54, 1.807) is 0 Å². The van der Waals surface area contributed by atoms with Gasteiger partial charge >= 0.3 is 0 Å². The van der Waals surface area contributed by atoms with Gasteiger partial charge in [0.2, 0.25) is 0 Å². The van der Waals surface area contributed by atoms with Crippen molar-refractivity contribution in [2.75, 3.05) is 0 Å². The van der Waals surface area contributed by atoms with E-state index in [2.05, 4.69) is 27.7 Å². The van der Waals surface area contributed by atoms with Gasteiger partial charge in [0.1, 0.15) is 0 Å². The largest absolute Gasteiger partial charge is 0.393 e. The van der Waals surface area contributed by atoms with Crippen LogP contribution in [0, 0.1) is 40.4 Å². The van der Waals surface area contributed by atoms with Crippen LogP contribution in [0.5, 0.6) is 0 Å². The van der Waals surface area contributed by atoms with Gasteiger partial charge in [0.15, 0.2) is 0 Å². The zero-order valence-electron chi connectivity index (χ0n) is 24.6. The molecule has 4 rings (SSSR count). The smallest absolute Gasteiger partial charge is 0.0622 e. The van der Waals surface area contributed by atoms with Gasteiger partial charge in [0.25, 0.3) is 0 Å². The Hall–Kier alpha value is -0.560. The fraction of sp³-hybridized carbons (Fsp3) is 0.852. The van der Waals surface area contributed by atoms with Gasteiger partial charge in [-0.25, -0.2) is 0 Å². The lowest BCUT2D eigenvalue weighted by Crippen LogP contribution is -2.46. The first kappa shape index (κ1) is 14.4. The van der Waals surface area contributed by atoms with Crippen molar-refractivity contribution in [2.24, 2.45) is 40.4 Å². The normalized spacial score (nSPS) is 53.4. The third-order valence-electron chi connectivity index (χ3n) is 8.90. The Morgan fingerprint density at radius 1 is 1.18 bits per heavy atom. The minimum atomic E-state index is -2.92. The molecule has 28 heavy (non-hydrogen) atoms. The quantitative estimate of drug-likeness (QED) is 0.522. The number of rotatable bonds is 5. The van der Waals surface area contributed by atoms with Crippen LogP contribution in [0.25, 0.3) is 0 Å². The monoisotopic (exact) mass is 390 g/mol. The summed E-state index contributed by atoms with van der Waals surface area (Å²) in [4.78, 5) is 0. The van der Waals surface area contributed by atoms with Gasteiger partial charge in [-0.1, -0.05) is 77.2 Å². The Kier molecular flexibility index (Phi) is 3.92. The maximum atomic E-state index is 10.7. The molecule has 0 aromatic rings. The summed E-state index contributed by atoms with van der Waals surface area (Å²) in [5, 5.41) is 10.7. The fourth-order valence-electron chi connectivity index (χ4n) is 7.22. The van der Waals surface area contributed by atoms with Crippen LogP contribution in [0.1, 0.15) is 107 Å². The minimum Gasteiger partial charge on any atom is -0.393 e. The topological polar surface area (TPSA) is 20.2 Å². The summed E-state index contributed by atoms with van der Waals surface area (Å²) in [6.07, 6.45) is 1.72. The molecule has 4 aliphatic carbocycles. The molecule has 158 valence electrons. The molecule has 0 radical (unpaired) electrons. The summed E-state index contributed by atoms with van der Waals surface area (Å²) in [5.74, 6) is 2.34. The standard InChI is InChI=1S/C27H44O/c1-18(2)7-6-8-19(3)23-11-12-24-22-10-9-20-17-21(28)13-15-26(20,4)25(22)14-16-27(23,24)5/h9-10,18-19,21,23-25,28H,6-8,11-17H2,1-5H3/t19-,21+,23-,24+,25+,26+,27-/m1/s1/i9D,13D2,17D2,21D. The lowest BCUT2D eigenvalue weighted by molar-refractivity contribution is 0.0323. The van der Waals surface area contributed by atoms with Crippen LogP contribution >= 0.6 is 0 Å². The Bertz CT molecular complexity index is 890. The van der Waals surface area contributed by atoms with Gasteiger partial charge < -0.3 is 5.11 Å². The predicted molar refractivity (Wildman–Crippen MR) is 119 cm³/mol. The number of aliphatic hydroxyl groups is 1. The van der Waals surface area contributed by atoms with E-state index in [0.717, 1.165) is 25.2 Å². The van der Waals surface area contributed by atoms with Gasteiger partial charge in [-0.15, -0.1) is 0 Å². The third kappa shape index (κ3) is 3.34. The molecular formula is C27H44O. The lowest BCUT2D eigenvalue weighted by Gasteiger charge is -2.55. The van der Waals surface area contributed by atoms with E-state index in [9.17, 15) is 5.11 Å². The highest BCUT2D eigenvalue weighted by Crippen LogP contribution is 2.66. The van der Waals surface area contributed by atoms with Crippen molar-refractivity contribution in [1.29, 1.82) is 0 Å². The lowest BCUT2D eigenvalue weighted by atomic mass is 9.50. The Morgan fingerprint density at radius 3 is 2.71 bits per heavy atom. The first-order chi connectivity index (χ1) is 15.5. The predicted octanol–water partition coefficient (Wildman–Crippen LogP) is 7.31. The summed E-state index contributed by atoms with van der Waals surface area (Å²) in [5.41, 5.74) is 0.603. The van der Waals surface area contributed by atoms with Crippen molar-refractivity contribution in [3.63, 3.8) is 0 Å². The van der Waals surface area contributed by atoms with Crippen molar-refractivity contribution in [1.82, 2.24) is 0 Å². The van der Waals surface area contributed by atoms with Gasteiger partial charge in [-0.05, 0) is 85.3 Å². The molecule has 1 N–H and O–H groups in total. The molecule has 0 bridgehead atoms. The zero-order chi connectivity index (χ0) is 25.5. The number of hydrogen-bond acceptors (Lipinski definition) is 1. The van der Waals surface area contributed by atoms with Gasteiger partial charge in [0.05, 0.1) is 8.82 Å². The van der Waals surface area contributed by atoms with Crippen LogP contribution in [0.15, 0.2) is 23.3 Å². The maximum absolute atomic E-state index is 10.7. The summed E-state index contributed by atoms with van der Waals surface area (Å²) >= 11 is 0. The molecule has 0 unspecified atom stereocenters. The van der Waals surface area contributed by atoms with Crippen molar-refractivity contribution in [3.8, 4) is 0 Å². The fourth-order valence-corrected chi connectivity index (χ4v) is 7.22. The summed E-state index contributed by atoms with van der Waals surface area (Å²) in [7, 11) is 0. The maximum Gasteiger partial charge on any atom is 0.0622 e. The second-order valence-electron chi connectivity index (χ2n) is 11.0. The Balaban J connectivity index is 1.69. The van der Waals surface area contributed by atoms with E-state index < -0.39 is 24.2 Å². The van der Waals surface area contributed by atoms with E-state index in [1.807, 2.05) is 13.0 Å². The van der Waals surface area contributed by atoms with Crippen LogP contribution in [0.2, 0.25) is 0 Å². The highest BCUT2D eigenvalue weighted by atomic mass is 16.3. The van der Waals surface area contributed by atoms with E-state index >= 15 is 0 Å². The Labute approximate surface area is 182 Å². The van der Waals surface area contributed by atoms with Crippen molar-refractivity contribution >= 4 is 0 Å². The van der Waals surface area contributed by atoms with Crippen molar-refractivity contribution in [2.45, 2.75) is 105 Å². The zero-order valence-corrected chi connectivity index (χ0v) is 18.6. The molecule has 0 heterocycles. The molecular weight excluding hydrogens is 340 g/mol. The molecule has 0 aromatic carbocycles. The van der Waals surface area contributed by atoms with Crippen molar-refractivity contribution < 1.29 is 13.3 Å². The molecule has 0 spiro atoms. The van der Waals surface area contributed by atoms with Crippen LogP contribution in [0.3, 0.4) is 0 Å². The SMILES string of the molecule is [2H]C1=C2C([2H])([2H])[C@@]([2H])(O)C([2H])([2H])C[C@]2(C)[C@H]2CC[C@]3(C)[C@@H]([C@H](C)CCCC(C)C)CC[C@H]3C2=C1. The highest BCUT2D eigenvalue weighted by Gasteiger charge is 2.56. The summed E-state index contributed by atoms with van der Waals surface area (Å²) < 4.78 is 51.2. The van der Waals surface area contributed by atoms with Crippen molar-refractivity contribution in [3.05, 3.63) is 23.3 Å². The summed E-state index contributed by atoms with van der Waals surface area (Å²) in [6.45, 7) is 11.3. The highest BCUT2D eigenvalue weighted by molar-refractivity contribution is 5.38. The first-order valence-electron chi connectivity index (χ1n) is 14.7. The van der Waals surface area contributed by atoms with Gasteiger partial charge in [0, 0.05) is 5.48 Å². The Morgan fingerprint density at radius 2 is 1.96 bits per heavy atom. The second-order valence-corrected chi connectivity index (χ2v) is 11.0. The van der Waals surface area contributed by atoms with E-state index in [1.165, 1.54) is 31.3 Å². The molecule has 1 heteroatoms. The van der Waals surface area contributed by atoms with Crippen LogP contribution in [-0.4, -0.2) is 11.2 Å². The molecule has 1 nitrogen and oxygen atoms in total. The van der Waals surface area contributed by atoms with E-state index in [-0.39, 0.29) is 29.4 Å². The minimum absolute atomic E-state index is 0.0362. The molecule has 3 fully saturated rings. The third-order valence-corrected chi connectivity index (χ3v) is 8.90. The van der Waals surface area contributed by atoms with Gasteiger partial charge in [-0.2, -0.15) is 0 Å². The molecule has 3 saturated carbocycles.